The summed E-state index contributed by atoms with van der Waals surface area (Å²) >= 11 is 7.55. The second-order valence-electron chi connectivity index (χ2n) is 4.49. The van der Waals surface area contributed by atoms with E-state index >= 15 is 0 Å². The average Bonchev–Trinajstić information content (AvgIpc) is 2.40. The van der Waals surface area contributed by atoms with E-state index in [1.807, 2.05) is 0 Å². The van der Waals surface area contributed by atoms with Gasteiger partial charge in [-0.3, -0.25) is 0 Å². The zero-order valence-corrected chi connectivity index (χ0v) is 13.5. The molecule has 0 bridgehead atoms. The summed E-state index contributed by atoms with van der Waals surface area (Å²) in [6.45, 7) is 2.12. The van der Waals surface area contributed by atoms with Crippen LogP contribution >= 0.6 is 31.9 Å². The van der Waals surface area contributed by atoms with Crippen LogP contribution in [0.2, 0.25) is 0 Å². The first-order valence-corrected chi connectivity index (χ1v) is 7.89. The topological polar surface area (TPSA) is 0 Å². The maximum Gasteiger partial charge on any atom is 0.0409 e. The lowest BCUT2D eigenvalue weighted by atomic mass is 10.0. The van der Waals surface area contributed by atoms with Crippen molar-refractivity contribution in [1.29, 1.82) is 0 Å². The van der Waals surface area contributed by atoms with Crippen molar-refractivity contribution >= 4 is 31.9 Å². The van der Waals surface area contributed by atoms with E-state index in [4.69, 9.17) is 0 Å². The van der Waals surface area contributed by atoms with Gasteiger partial charge >= 0.3 is 0 Å². The van der Waals surface area contributed by atoms with Crippen LogP contribution in [0, 0.1) is 6.92 Å². The van der Waals surface area contributed by atoms with Crippen LogP contribution in [0.25, 0.3) is 0 Å². The van der Waals surface area contributed by atoms with Gasteiger partial charge in [0.05, 0.1) is 0 Å². The molecule has 0 fully saturated rings. The lowest BCUT2D eigenvalue weighted by molar-refractivity contribution is 0.806. The van der Waals surface area contributed by atoms with Gasteiger partial charge in [-0.25, -0.2) is 0 Å². The molecular formula is C16H16Br2. The second kappa shape index (κ2) is 6.53. The van der Waals surface area contributed by atoms with Gasteiger partial charge in [0.15, 0.2) is 0 Å². The van der Waals surface area contributed by atoms with Gasteiger partial charge in [-0.15, -0.1) is 0 Å². The van der Waals surface area contributed by atoms with Gasteiger partial charge in [0, 0.05) is 9.65 Å². The van der Waals surface area contributed by atoms with Crippen LogP contribution in [0.4, 0.5) is 0 Å². The summed E-state index contributed by atoms with van der Waals surface area (Å²) in [5, 5.41) is 0. The van der Waals surface area contributed by atoms with E-state index in [0.717, 1.165) is 6.42 Å². The number of rotatable bonds is 4. The zero-order chi connectivity index (χ0) is 13.0. The van der Waals surface area contributed by atoms with Crippen LogP contribution in [-0.2, 0) is 0 Å². The quantitative estimate of drug-likeness (QED) is 0.585. The first-order chi connectivity index (χ1) is 8.66. The predicted molar refractivity (Wildman–Crippen MR) is 85.6 cm³/mol. The molecule has 18 heavy (non-hydrogen) atoms. The minimum atomic E-state index is 0.377. The molecule has 2 rings (SSSR count). The first kappa shape index (κ1) is 13.8. The molecule has 0 aliphatic carbocycles. The van der Waals surface area contributed by atoms with E-state index < -0.39 is 0 Å². The van der Waals surface area contributed by atoms with E-state index in [0.29, 0.717) is 9.65 Å². The molecule has 0 nitrogen and oxygen atoms in total. The predicted octanol–water partition coefficient (Wildman–Crippen LogP) is 5.96. The Morgan fingerprint density at radius 3 is 1.83 bits per heavy atom. The number of hydrogen-bond acceptors (Lipinski definition) is 0. The van der Waals surface area contributed by atoms with E-state index in [2.05, 4.69) is 93.4 Å². The van der Waals surface area contributed by atoms with E-state index in [-0.39, 0.29) is 0 Å². The Kier molecular flexibility index (Phi) is 5.02. The molecule has 0 aromatic heterocycles. The standard InChI is InChI=1S/C16H16Br2/c1-12-7-9-14(10-8-12)16(18)11-15(17)13-5-3-2-4-6-13/h2-10,15-16H,11H2,1H3. The molecule has 0 amide bonds. The van der Waals surface area contributed by atoms with Crippen molar-refractivity contribution in [2.24, 2.45) is 0 Å². The molecule has 0 saturated carbocycles. The number of aryl methyl sites for hydroxylation is 1. The summed E-state index contributed by atoms with van der Waals surface area (Å²) in [6, 6.07) is 19.2. The van der Waals surface area contributed by atoms with Crippen molar-refractivity contribution in [1.82, 2.24) is 0 Å². The number of halogens is 2. The molecule has 2 atom stereocenters. The summed E-state index contributed by atoms with van der Waals surface area (Å²) in [4.78, 5) is 0.757. The fraction of sp³-hybridized carbons (Fsp3) is 0.250. The Morgan fingerprint density at radius 1 is 0.778 bits per heavy atom. The van der Waals surface area contributed by atoms with Crippen LogP contribution in [0.5, 0.6) is 0 Å². The van der Waals surface area contributed by atoms with Crippen LogP contribution in [-0.4, -0.2) is 0 Å². The van der Waals surface area contributed by atoms with Gasteiger partial charge in [0.2, 0.25) is 0 Å². The maximum absolute atomic E-state index is 3.78. The van der Waals surface area contributed by atoms with Gasteiger partial charge in [0.1, 0.15) is 0 Å². The smallest absolute Gasteiger partial charge is 0.0409 e. The third-order valence-corrected chi connectivity index (χ3v) is 4.82. The molecule has 0 radical (unpaired) electrons. The molecule has 2 aromatic carbocycles. The van der Waals surface area contributed by atoms with Crippen molar-refractivity contribution in [3.05, 3.63) is 71.3 Å². The molecule has 2 aromatic rings. The van der Waals surface area contributed by atoms with Crippen LogP contribution in [0.3, 0.4) is 0 Å². The number of alkyl halides is 2. The highest BCUT2D eigenvalue weighted by Crippen LogP contribution is 2.37. The maximum atomic E-state index is 3.78. The normalized spacial score (nSPS) is 14.2. The highest BCUT2D eigenvalue weighted by atomic mass is 79.9. The van der Waals surface area contributed by atoms with Crippen molar-refractivity contribution < 1.29 is 0 Å². The third kappa shape index (κ3) is 3.69. The average molecular weight is 368 g/mol. The fourth-order valence-corrected chi connectivity index (χ4v) is 3.75. The van der Waals surface area contributed by atoms with Crippen molar-refractivity contribution in [2.75, 3.05) is 0 Å². The Morgan fingerprint density at radius 2 is 1.28 bits per heavy atom. The molecule has 0 aliphatic rings. The van der Waals surface area contributed by atoms with E-state index in [1.165, 1.54) is 16.7 Å². The molecule has 0 N–H and O–H groups in total. The minimum absolute atomic E-state index is 0.377. The molecular weight excluding hydrogens is 352 g/mol. The van der Waals surface area contributed by atoms with E-state index in [9.17, 15) is 0 Å². The second-order valence-corrected chi connectivity index (χ2v) is 6.70. The Balaban J connectivity index is 2.03. The molecule has 2 heteroatoms. The lowest BCUT2D eigenvalue weighted by Crippen LogP contribution is -1.96. The molecule has 0 spiro atoms. The number of hydrogen-bond donors (Lipinski definition) is 0. The van der Waals surface area contributed by atoms with Crippen LogP contribution in [0.15, 0.2) is 54.6 Å². The summed E-state index contributed by atoms with van der Waals surface area (Å²) in [5.74, 6) is 0. The van der Waals surface area contributed by atoms with Gasteiger partial charge in [-0.2, -0.15) is 0 Å². The number of benzene rings is 2. The van der Waals surface area contributed by atoms with Gasteiger partial charge < -0.3 is 0 Å². The summed E-state index contributed by atoms with van der Waals surface area (Å²) < 4.78 is 0. The molecule has 2 unspecified atom stereocenters. The van der Waals surface area contributed by atoms with Crippen molar-refractivity contribution in [3.8, 4) is 0 Å². The monoisotopic (exact) mass is 366 g/mol. The van der Waals surface area contributed by atoms with Crippen molar-refractivity contribution in [2.45, 2.75) is 23.0 Å². The summed E-state index contributed by atoms with van der Waals surface area (Å²) in [7, 11) is 0. The summed E-state index contributed by atoms with van der Waals surface area (Å²) in [5.41, 5.74) is 3.96. The Labute approximate surface area is 126 Å². The molecule has 94 valence electrons. The van der Waals surface area contributed by atoms with Crippen LogP contribution in [0.1, 0.15) is 32.8 Å². The fourth-order valence-electron chi connectivity index (χ4n) is 1.89. The Bertz CT molecular complexity index is 476. The van der Waals surface area contributed by atoms with Crippen LogP contribution < -0.4 is 0 Å². The molecule has 0 aliphatic heterocycles. The SMILES string of the molecule is Cc1ccc(C(Br)CC(Br)c2ccccc2)cc1. The third-order valence-electron chi connectivity index (χ3n) is 3.01. The largest absolute Gasteiger partial charge is 0.0838 e. The zero-order valence-electron chi connectivity index (χ0n) is 10.3. The minimum Gasteiger partial charge on any atom is -0.0838 e. The molecule has 0 heterocycles. The summed E-state index contributed by atoms with van der Waals surface area (Å²) in [6.07, 6.45) is 1.03. The van der Waals surface area contributed by atoms with E-state index in [1.54, 1.807) is 0 Å². The highest BCUT2D eigenvalue weighted by molar-refractivity contribution is 9.09. The van der Waals surface area contributed by atoms with Gasteiger partial charge in [0.25, 0.3) is 0 Å². The lowest BCUT2D eigenvalue weighted by Gasteiger charge is -2.15. The molecule has 0 saturated heterocycles. The highest BCUT2D eigenvalue weighted by Gasteiger charge is 2.14. The Hall–Kier alpha value is -0.600. The van der Waals surface area contributed by atoms with Gasteiger partial charge in [-0.05, 0) is 24.5 Å². The van der Waals surface area contributed by atoms with Gasteiger partial charge in [-0.1, -0.05) is 92.0 Å². The first-order valence-electron chi connectivity index (χ1n) is 6.06. The van der Waals surface area contributed by atoms with Crippen molar-refractivity contribution in [3.63, 3.8) is 0 Å².